The summed E-state index contributed by atoms with van der Waals surface area (Å²) in [5, 5.41) is 3.92. The van der Waals surface area contributed by atoms with Crippen molar-refractivity contribution in [2.24, 2.45) is 5.92 Å². The monoisotopic (exact) mass is 370 g/mol. The van der Waals surface area contributed by atoms with Gasteiger partial charge >= 0.3 is 0 Å². The number of furan rings is 1. The summed E-state index contributed by atoms with van der Waals surface area (Å²) in [6.45, 7) is 9.02. The van der Waals surface area contributed by atoms with Crippen molar-refractivity contribution < 1.29 is 9.21 Å². The second-order valence-electron chi connectivity index (χ2n) is 7.30. The fraction of sp³-hybridized carbons (Fsp3) is 0.227. The fourth-order valence-corrected chi connectivity index (χ4v) is 3.66. The number of H-pyrrole nitrogens is 1. The average molecular weight is 370 g/mol. The van der Waals surface area contributed by atoms with Gasteiger partial charge in [-0.15, -0.1) is 0 Å². The molecule has 3 atom stereocenters. The van der Waals surface area contributed by atoms with Crippen LogP contribution in [0.1, 0.15) is 36.9 Å². The molecule has 1 aliphatic carbocycles. The predicted molar refractivity (Wildman–Crippen MR) is 106 cm³/mol. The third kappa shape index (κ3) is 2.81. The first-order chi connectivity index (χ1) is 13.6. The quantitative estimate of drug-likeness (QED) is 0.505. The summed E-state index contributed by atoms with van der Waals surface area (Å²) in [5.41, 5.74) is 3.22. The lowest BCUT2D eigenvalue weighted by Crippen LogP contribution is -2.28. The first-order valence-corrected chi connectivity index (χ1v) is 9.28. The van der Waals surface area contributed by atoms with Crippen LogP contribution < -0.4 is 5.32 Å². The standard InChI is InChI=1S/C22H18N4O2/c1-12(20-10-13-9-14(23-2)7-8-19(13)28-20)24-22(27)16-11-15(16)21-25-17-5-3-4-6-18(17)26-21/h3-10,12,15-16H,11H2,1H3,(H,24,27)(H,25,26)/t12-,15+,16+/m1/s1. The Hall–Kier alpha value is -3.59. The van der Waals surface area contributed by atoms with E-state index in [4.69, 9.17) is 11.0 Å². The van der Waals surface area contributed by atoms with Crippen LogP contribution >= 0.6 is 0 Å². The van der Waals surface area contributed by atoms with Crippen LogP contribution in [0, 0.1) is 12.5 Å². The number of hydrogen-bond donors (Lipinski definition) is 2. The number of aromatic nitrogens is 2. The predicted octanol–water partition coefficient (Wildman–Crippen LogP) is 4.84. The van der Waals surface area contributed by atoms with Crippen molar-refractivity contribution in [1.82, 2.24) is 15.3 Å². The van der Waals surface area contributed by atoms with Crippen LogP contribution in [0.2, 0.25) is 0 Å². The second kappa shape index (κ2) is 6.24. The van der Waals surface area contributed by atoms with Crippen molar-refractivity contribution in [1.29, 1.82) is 0 Å². The third-order valence-corrected chi connectivity index (χ3v) is 5.32. The van der Waals surface area contributed by atoms with Gasteiger partial charge in [-0.3, -0.25) is 4.79 Å². The highest BCUT2D eigenvalue weighted by Crippen LogP contribution is 2.47. The van der Waals surface area contributed by atoms with Crippen molar-refractivity contribution in [3.8, 4) is 0 Å². The first-order valence-electron chi connectivity index (χ1n) is 9.28. The number of nitrogens with zero attached hydrogens (tertiary/aromatic N) is 2. The molecule has 6 nitrogen and oxygen atoms in total. The second-order valence-corrected chi connectivity index (χ2v) is 7.30. The highest BCUT2D eigenvalue weighted by atomic mass is 16.3. The van der Waals surface area contributed by atoms with E-state index in [0.717, 1.165) is 34.2 Å². The highest BCUT2D eigenvalue weighted by Gasteiger charge is 2.46. The average Bonchev–Trinajstić information content (AvgIpc) is 3.21. The van der Waals surface area contributed by atoms with Crippen molar-refractivity contribution in [3.05, 3.63) is 71.5 Å². The van der Waals surface area contributed by atoms with Crippen LogP contribution in [0.3, 0.4) is 0 Å². The van der Waals surface area contributed by atoms with E-state index in [-0.39, 0.29) is 23.8 Å². The summed E-state index contributed by atoms with van der Waals surface area (Å²) in [7, 11) is 0. The Labute approximate surface area is 161 Å². The van der Waals surface area contributed by atoms with E-state index in [1.807, 2.05) is 37.3 Å². The molecule has 2 heterocycles. The molecule has 4 aromatic rings. The molecule has 1 saturated carbocycles. The number of carbonyl (C=O) groups excluding carboxylic acids is 1. The van der Waals surface area contributed by atoms with Gasteiger partial charge in [-0.1, -0.05) is 18.2 Å². The maximum Gasteiger partial charge on any atom is 0.224 e. The van der Waals surface area contributed by atoms with Gasteiger partial charge in [-0.25, -0.2) is 9.83 Å². The van der Waals surface area contributed by atoms with Crippen LogP contribution in [0.5, 0.6) is 0 Å². The van der Waals surface area contributed by atoms with Crippen molar-refractivity contribution in [2.45, 2.75) is 25.3 Å². The lowest BCUT2D eigenvalue weighted by Gasteiger charge is -2.11. The highest BCUT2D eigenvalue weighted by molar-refractivity contribution is 5.85. The van der Waals surface area contributed by atoms with E-state index in [0.29, 0.717) is 11.4 Å². The number of amides is 1. The molecule has 0 bridgehead atoms. The molecule has 2 aromatic heterocycles. The van der Waals surface area contributed by atoms with Crippen LogP contribution in [-0.4, -0.2) is 15.9 Å². The van der Waals surface area contributed by atoms with Gasteiger partial charge in [-0.2, -0.15) is 0 Å². The van der Waals surface area contributed by atoms with E-state index in [2.05, 4.69) is 20.1 Å². The zero-order valence-corrected chi connectivity index (χ0v) is 15.3. The molecule has 0 unspecified atom stereocenters. The number of aromatic amines is 1. The molecular formula is C22H18N4O2. The minimum Gasteiger partial charge on any atom is -0.459 e. The first kappa shape index (κ1) is 16.6. The molecule has 0 saturated heterocycles. The van der Waals surface area contributed by atoms with E-state index >= 15 is 0 Å². The third-order valence-electron chi connectivity index (χ3n) is 5.32. The van der Waals surface area contributed by atoms with Crippen LogP contribution in [-0.2, 0) is 4.79 Å². The Balaban J connectivity index is 1.28. The number of imidazole rings is 1. The smallest absolute Gasteiger partial charge is 0.224 e. The molecule has 1 amide bonds. The summed E-state index contributed by atoms with van der Waals surface area (Å²) in [5.74, 6) is 1.65. The van der Waals surface area contributed by atoms with Gasteiger partial charge in [-0.05, 0) is 43.7 Å². The lowest BCUT2D eigenvalue weighted by molar-refractivity contribution is -0.123. The molecule has 5 rings (SSSR count). The maximum absolute atomic E-state index is 12.7. The van der Waals surface area contributed by atoms with Crippen molar-refractivity contribution >= 4 is 33.6 Å². The molecule has 6 heteroatoms. The Morgan fingerprint density at radius 3 is 3.00 bits per heavy atom. The van der Waals surface area contributed by atoms with Crippen LogP contribution in [0.15, 0.2) is 52.9 Å². The van der Waals surface area contributed by atoms with Gasteiger partial charge in [0.25, 0.3) is 0 Å². The number of para-hydroxylation sites is 2. The van der Waals surface area contributed by atoms with Crippen LogP contribution in [0.25, 0.3) is 26.8 Å². The van der Waals surface area contributed by atoms with Gasteiger partial charge < -0.3 is 14.7 Å². The van der Waals surface area contributed by atoms with Gasteiger partial charge in [0.05, 0.1) is 23.6 Å². The number of rotatable bonds is 4. The molecule has 2 aromatic carbocycles. The summed E-state index contributed by atoms with van der Waals surface area (Å²) < 4.78 is 5.85. The SMILES string of the molecule is [C-]#[N+]c1ccc2oc([C@@H](C)NC(=O)[C@H]3C[C@@H]3c3nc4ccccc4[nH]3)cc2c1. The summed E-state index contributed by atoms with van der Waals surface area (Å²) >= 11 is 0. The zero-order valence-electron chi connectivity index (χ0n) is 15.3. The topological polar surface area (TPSA) is 75.3 Å². The van der Waals surface area contributed by atoms with E-state index in [1.54, 1.807) is 18.2 Å². The molecule has 28 heavy (non-hydrogen) atoms. The number of carbonyl (C=O) groups is 1. The summed E-state index contributed by atoms with van der Waals surface area (Å²) in [6, 6.07) is 14.8. The Bertz CT molecular complexity index is 1210. The van der Waals surface area contributed by atoms with Gasteiger partial charge in [0.1, 0.15) is 17.2 Å². The molecule has 2 N–H and O–H groups in total. The van der Waals surface area contributed by atoms with Gasteiger partial charge in [0.2, 0.25) is 5.91 Å². The number of nitrogens with one attached hydrogen (secondary N) is 2. The molecule has 138 valence electrons. The summed E-state index contributed by atoms with van der Waals surface area (Å²) in [6.07, 6.45) is 0.798. The number of fused-ring (bicyclic) bond motifs is 2. The lowest BCUT2D eigenvalue weighted by atomic mass is 10.2. The minimum atomic E-state index is -0.242. The Kier molecular flexibility index (Phi) is 3.69. The Morgan fingerprint density at radius 2 is 2.18 bits per heavy atom. The number of benzene rings is 2. The molecular weight excluding hydrogens is 352 g/mol. The van der Waals surface area contributed by atoms with E-state index in [1.165, 1.54) is 0 Å². The largest absolute Gasteiger partial charge is 0.459 e. The van der Waals surface area contributed by atoms with Crippen LogP contribution in [0.4, 0.5) is 5.69 Å². The minimum absolute atomic E-state index is 0.0141. The van der Waals surface area contributed by atoms with Gasteiger partial charge in [0, 0.05) is 17.2 Å². The molecule has 0 spiro atoms. The zero-order chi connectivity index (χ0) is 19.3. The molecule has 0 aliphatic heterocycles. The van der Waals surface area contributed by atoms with Gasteiger partial charge in [0.15, 0.2) is 5.69 Å². The van der Waals surface area contributed by atoms with E-state index < -0.39 is 0 Å². The molecule has 1 fully saturated rings. The number of hydrogen-bond acceptors (Lipinski definition) is 3. The van der Waals surface area contributed by atoms with E-state index in [9.17, 15) is 4.79 Å². The fourth-order valence-electron chi connectivity index (χ4n) is 3.66. The van der Waals surface area contributed by atoms with Crippen molar-refractivity contribution in [2.75, 3.05) is 0 Å². The molecule has 1 aliphatic rings. The normalized spacial score (nSPS) is 19.4. The molecule has 0 radical (unpaired) electrons. The maximum atomic E-state index is 12.7. The Morgan fingerprint density at radius 1 is 1.32 bits per heavy atom. The summed E-state index contributed by atoms with van der Waals surface area (Å²) in [4.78, 5) is 24.0. The van der Waals surface area contributed by atoms with Crippen molar-refractivity contribution in [3.63, 3.8) is 0 Å².